The van der Waals surface area contributed by atoms with Crippen molar-refractivity contribution in [3.63, 3.8) is 0 Å². The van der Waals surface area contributed by atoms with Gasteiger partial charge in [0.2, 0.25) is 5.91 Å². The molecule has 4 N–H and O–H groups in total. The first kappa shape index (κ1) is 15.9. The molecule has 0 aromatic rings. The van der Waals surface area contributed by atoms with Crippen molar-refractivity contribution in [2.24, 2.45) is 0 Å². The molecule has 1 rings (SSSR count). The van der Waals surface area contributed by atoms with Gasteiger partial charge in [0.15, 0.2) is 6.10 Å². The number of aliphatic hydroxyl groups is 1. The van der Waals surface area contributed by atoms with Crippen LogP contribution in [0, 0.1) is 0 Å². The lowest BCUT2D eigenvalue weighted by atomic mass is 9.79. The van der Waals surface area contributed by atoms with Crippen molar-refractivity contribution < 1.29 is 19.8 Å². The third-order valence-electron chi connectivity index (χ3n) is 3.86. The van der Waals surface area contributed by atoms with Gasteiger partial charge in [0.1, 0.15) is 0 Å². The zero-order valence-corrected chi connectivity index (χ0v) is 11.4. The highest BCUT2D eigenvalue weighted by molar-refractivity contribution is 5.77. The third kappa shape index (κ3) is 5.16. The fourth-order valence-corrected chi connectivity index (χ4v) is 2.59. The zero-order chi connectivity index (χ0) is 14.3. The Balaban J connectivity index is 2.31. The Bertz CT molecular complexity index is 314. The van der Waals surface area contributed by atoms with Gasteiger partial charge in [-0.05, 0) is 19.9 Å². The Hall–Kier alpha value is -1.14. The fourth-order valence-electron chi connectivity index (χ4n) is 2.59. The van der Waals surface area contributed by atoms with Crippen molar-refractivity contribution in [3.05, 3.63) is 0 Å². The highest BCUT2D eigenvalue weighted by Gasteiger charge is 2.32. The van der Waals surface area contributed by atoms with Crippen LogP contribution in [-0.4, -0.2) is 47.3 Å². The molecule has 1 fully saturated rings. The summed E-state index contributed by atoms with van der Waals surface area (Å²) in [6.45, 7) is 0.187. The minimum atomic E-state index is -1.41. The van der Waals surface area contributed by atoms with E-state index in [1.807, 2.05) is 7.05 Å². The predicted octanol–water partition coefficient (Wildman–Crippen LogP) is 0.251. The standard InChI is InChI=1S/C13H24N2O4/c1-14-13(6-3-2-4-7-13)9-11(17)15-8-5-10(16)12(18)19/h10,14,16H,2-9H2,1H3,(H,15,17)(H,18,19)/t10-/m0/s1. The lowest BCUT2D eigenvalue weighted by Gasteiger charge is -2.36. The van der Waals surface area contributed by atoms with Gasteiger partial charge in [-0.1, -0.05) is 19.3 Å². The van der Waals surface area contributed by atoms with Crippen LogP contribution in [0.1, 0.15) is 44.9 Å². The number of carboxylic acid groups (broad SMARTS) is 1. The second-order valence-electron chi connectivity index (χ2n) is 5.26. The molecule has 0 heterocycles. The topological polar surface area (TPSA) is 98.7 Å². The Morgan fingerprint density at radius 1 is 1.26 bits per heavy atom. The predicted molar refractivity (Wildman–Crippen MR) is 70.8 cm³/mol. The van der Waals surface area contributed by atoms with Gasteiger partial charge in [-0.15, -0.1) is 0 Å². The normalized spacial score (nSPS) is 19.7. The first-order valence-electron chi connectivity index (χ1n) is 6.85. The van der Waals surface area contributed by atoms with Gasteiger partial charge < -0.3 is 20.8 Å². The number of carbonyl (C=O) groups is 2. The Kier molecular flexibility index (Phi) is 6.24. The SMILES string of the molecule is CNC1(CC(=O)NCC[C@H](O)C(=O)O)CCCCC1. The number of carboxylic acids is 1. The molecule has 0 aromatic carbocycles. The minimum Gasteiger partial charge on any atom is -0.479 e. The molecule has 1 aliphatic carbocycles. The Labute approximate surface area is 113 Å². The second kappa shape index (κ2) is 7.45. The van der Waals surface area contributed by atoms with E-state index >= 15 is 0 Å². The number of aliphatic hydroxyl groups excluding tert-OH is 1. The summed E-state index contributed by atoms with van der Waals surface area (Å²) in [5, 5.41) is 23.5. The van der Waals surface area contributed by atoms with E-state index in [2.05, 4.69) is 10.6 Å². The molecule has 0 spiro atoms. The number of carbonyl (C=O) groups excluding carboxylic acids is 1. The molecule has 0 unspecified atom stereocenters. The summed E-state index contributed by atoms with van der Waals surface area (Å²) >= 11 is 0. The largest absolute Gasteiger partial charge is 0.479 e. The molecule has 0 bridgehead atoms. The van der Waals surface area contributed by atoms with Gasteiger partial charge in [0, 0.05) is 24.9 Å². The molecule has 0 saturated heterocycles. The minimum absolute atomic E-state index is 0.0353. The van der Waals surface area contributed by atoms with Crippen LogP contribution in [0.5, 0.6) is 0 Å². The van der Waals surface area contributed by atoms with Crippen LogP contribution in [0.3, 0.4) is 0 Å². The van der Waals surface area contributed by atoms with Crippen molar-refractivity contribution in [1.82, 2.24) is 10.6 Å². The summed E-state index contributed by atoms with van der Waals surface area (Å²) in [5.74, 6) is -1.35. The lowest BCUT2D eigenvalue weighted by molar-refractivity contribution is -0.147. The van der Waals surface area contributed by atoms with Crippen LogP contribution in [0.4, 0.5) is 0 Å². The monoisotopic (exact) mass is 272 g/mol. The van der Waals surface area contributed by atoms with Crippen molar-refractivity contribution in [1.29, 1.82) is 0 Å². The van der Waals surface area contributed by atoms with Crippen LogP contribution >= 0.6 is 0 Å². The van der Waals surface area contributed by atoms with Crippen LogP contribution in [0.25, 0.3) is 0 Å². The van der Waals surface area contributed by atoms with Crippen molar-refractivity contribution in [2.75, 3.05) is 13.6 Å². The van der Waals surface area contributed by atoms with Crippen LogP contribution in [-0.2, 0) is 9.59 Å². The first-order valence-corrected chi connectivity index (χ1v) is 6.85. The van der Waals surface area contributed by atoms with Gasteiger partial charge in [-0.2, -0.15) is 0 Å². The average Bonchev–Trinajstić information content (AvgIpc) is 2.39. The number of aliphatic carboxylic acids is 1. The zero-order valence-electron chi connectivity index (χ0n) is 11.4. The van der Waals surface area contributed by atoms with Gasteiger partial charge in [-0.25, -0.2) is 4.79 Å². The molecular formula is C13H24N2O4. The number of amides is 1. The quantitative estimate of drug-likeness (QED) is 0.532. The molecule has 19 heavy (non-hydrogen) atoms. The summed E-state index contributed by atoms with van der Waals surface area (Å²) in [6, 6.07) is 0. The molecular weight excluding hydrogens is 248 g/mol. The Morgan fingerprint density at radius 3 is 2.42 bits per heavy atom. The highest BCUT2D eigenvalue weighted by Crippen LogP contribution is 2.30. The maximum atomic E-state index is 11.8. The summed E-state index contributed by atoms with van der Waals surface area (Å²) in [6.07, 6.45) is 4.50. The summed E-state index contributed by atoms with van der Waals surface area (Å²) in [4.78, 5) is 22.3. The average molecular weight is 272 g/mol. The molecule has 1 atom stereocenters. The molecule has 1 amide bonds. The first-order chi connectivity index (χ1) is 8.99. The molecule has 0 radical (unpaired) electrons. The van der Waals surface area contributed by atoms with E-state index in [1.54, 1.807) is 0 Å². The molecule has 1 saturated carbocycles. The smallest absolute Gasteiger partial charge is 0.332 e. The lowest BCUT2D eigenvalue weighted by Crippen LogP contribution is -2.48. The van der Waals surface area contributed by atoms with Crippen molar-refractivity contribution in [2.45, 2.75) is 56.6 Å². The van der Waals surface area contributed by atoms with E-state index in [-0.39, 0.29) is 24.4 Å². The molecule has 0 aromatic heterocycles. The van der Waals surface area contributed by atoms with E-state index in [0.29, 0.717) is 6.42 Å². The van der Waals surface area contributed by atoms with E-state index in [9.17, 15) is 9.59 Å². The van der Waals surface area contributed by atoms with Crippen LogP contribution < -0.4 is 10.6 Å². The summed E-state index contributed by atoms with van der Waals surface area (Å²) < 4.78 is 0. The second-order valence-corrected chi connectivity index (χ2v) is 5.26. The van der Waals surface area contributed by atoms with E-state index in [1.165, 1.54) is 6.42 Å². The maximum absolute atomic E-state index is 11.8. The number of rotatable bonds is 7. The molecule has 110 valence electrons. The van der Waals surface area contributed by atoms with Crippen LogP contribution in [0.15, 0.2) is 0 Å². The summed E-state index contributed by atoms with van der Waals surface area (Å²) in [7, 11) is 1.88. The molecule has 6 heteroatoms. The van der Waals surface area contributed by atoms with Crippen LogP contribution in [0.2, 0.25) is 0 Å². The van der Waals surface area contributed by atoms with Gasteiger partial charge in [0.05, 0.1) is 0 Å². The molecule has 0 aliphatic heterocycles. The fraction of sp³-hybridized carbons (Fsp3) is 0.846. The molecule has 6 nitrogen and oxygen atoms in total. The molecule has 1 aliphatic rings. The number of hydrogen-bond donors (Lipinski definition) is 4. The maximum Gasteiger partial charge on any atom is 0.332 e. The number of hydrogen-bond acceptors (Lipinski definition) is 4. The van der Waals surface area contributed by atoms with Gasteiger partial charge >= 0.3 is 5.97 Å². The van der Waals surface area contributed by atoms with E-state index < -0.39 is 12.1 Å². The third-order valence-corrected chi connectivity index (χ3v) is 3.86. The van der Waals surface area contributed by atoms with Gasteiger partial charge in [0.25, 0.3) is 0 Å². The van der Waals surface area contributed by atoms with Crippen molar-refractivity contribution in [3.8, 4) is 0 Å². The number of nitrogens with one attached hydrogen (secondary N) is 2. The van der Waals surface area contributed by atoms with E-state index in [4.69, 9.17) is 10.2 Å². The Morgan fingerprint density at radius 2 is 1.89 bits per heavy atom. The van der Waals surface area contributed by atoms with Gasteiger partial charge in [-0.3, -0.25) is 4.79 Å². The highest BCUT2D eigenvalue weighted by atomic mass is 16.4. The van der Waals surface area contributed by atoms with E-state index in [0.717, 1.165) is 25.7 Å². The summed E-state index contributed by atoms with van der Waals surface area (Å²) in [5.41, 5.74) is -0.117. The van der Waals surface area contributed by atoms with Crippen molar-refractivity contribution >= 4 is 11.9 Å².